The Kier molecular flexibility index (Phi) is 9.23. The number of ether oxygens (including phenoxy) is 1. The molecule has 0 saturated heterocycles. The van der Waals surface area contributed by atoms with E-state index in [4.69, 9.17) is 4.74 Å². The average molecular weight is 260 g/mol. The van der Waals surface area contributed by atoms with Crippen molar-refractivity contribution < 1.29 is 14.3 Å². The fraction of sp³-hybridized carbons (Fsp3) is 0.846. The molecule has 0 amide bonds. The van der Waals surface area contributed by atoms with Crippen molar-refractivity contribution >= 4 is 23.5 Å². The number of rotatable bonds is 9. The van der Waals surface area contributed by atoms with Gasteiger partial charge in [-0.05, 0) is 19.8 Å². The van der Waals surface area contributed by atoms with Crippen LogP contribution in [-0.2, 0) is 14.3 Å². The molecule has 0 aromatic rings. The number of esters is 1. The Labute approximate surface area is 109 Å². The molecule has 17 heavy (non-hydrogen) atoms. The molecule has 4 heteroatoms. The van der Waals surface area contributed by atoms with Gasteiger partial charge in [-0.15, -0.1) is 0 Å². The van der Waals surface area contributed by atoms with Gasteiger partial charge in [-0.3, -0.25) is 9.59 Å². The van der Waals surface area contributed by atoms with Crippen LogP contribution >= 0.6 is 11.8 Å². The topological polar surface area (TPSA) is 43.4 Å². The third kappa shape index (κ3) is 6.71. The lowest BCUT2D eigenvalue weighted by molar-refractivity contribution is -0.151. The van der Waals surface area contributed by atoms with Gasteiger partial charge in [0.2, 0.25) is 0 Å². The van der Waals surface area contributed by atoms with Crippen LogP contribution in [0.15, 0.2) is 0 Å². The second kappa shape index (κ2) is 9.51. The van der Waals surface area contributed by atoms with Crippen LogP contribution in [0.5, 0.6) is 0 Å². The van der Waals surface area contributed by atoms with Crippen LogP contribution in [0.3, 0.4) is 0 Å². The number of Topliss-reactive ketones (excluding diaryl/α,β-unsaturated/α-hetero) is 1. The Morgan fingerprint density at radius 1 is 1.24 bits per heavy atom. The molecular formula is C13H24O3S. The van der Waals surface area contributed by atoms with Gasteiger partial charge in [0.05, 0.1) is 12.4 Å². The maximum atomic E-state index is 11.9. The molecule has 0 rings (SSSR count). The molecular weight excluding hydrogens is 236 g/mol. The predicted molar refractivity (Wildman–Crippen MR) is 72.2 cm³/mol. The van der Waals surface area contributed by atoms with Gasteiger partial charge in [-0.1, -0.05) is 27.2 Å². The van der Waals surface area contributed by atoms with E-state index in [1.807, 2.05) is 6.92 Å². The van der Waals surface area contributed by atoms with Gasteiger partial charge in [0.1, 0.15) is 5.92 Å². The van der Waals surface area contributed by atoms with Crippen molar-refractivity contribution in [2.24, 2.45) is 5.92 Å². The summed E-state index contributed by atoms with van der Waals surface area (Å²) in [5.74, 6) is -0.491. The van der Waals surface area contributed by atoms with E-state index < -0.39 is 5.92 Å². The Hall–Kier alpha value is -0.510. The molecule has 3 nitrogen and oxygen atoms in total. The molecule has 2 atom stereocenters. The summed E-state index contributed by atoms with van der Waals surface area (Å²) in [6.45, 7) is 8.26. The van der Waals surface area contributed by atoms with E-state index in [-0.39, 0.29) is 11.8 Å². The highest BCUT2D eigenvalue weighted by atomic mass is 32.2. The third-order valence-electron chi connectivity index (χ3n) is 2.62. The minimum absolute atomic E-state index is 0.00981. The monoisotopic (exact) mass is 260 g/mol. The molecule has 0 N–H and O–H groups in total. The molecule has 0 heterocycles. The fourth-order valence-electron chi connectivity index (χ4n) is 1.38. The first-order valence-electron chi connectivity index (χ1n) is 6.37. The van der Waals surface area contributed by atoms with Gasteiger partial charge >= 0.3 is 5.97 Å². The number of hydrogen-bond acceptors (Lipinski definition) is 4. The first-order valence-corrected chi connectivity index (χ1v) is 7.42. The lowest BCUT2D eigenvalue weighted by Gasteiger charge is -2.14. The zero-order valence-corrected chi connectivity index (χ0v) is 12.1. The van der Waals surface area contributed by atoms with Gasteiger partial charge in [0, 0.05) is 5.25 Å². The van der Waals surface area contributed by atoms with Crippen molar-refractivity contribution in [1.29, 1.82) is 0 Å². The highest BCUT2D eigenvalue weighted by Gasteiger charge is 2.26. The van der Waals surface area contributed by atoms with Crippen LogP contribution in [0.2, 0.25) is 0 Å². The Balaban J connectivity index is 4.28. The smallest absolute Gasteiger partial charge is 0.316 e. The highest BCUT2D eigenvalue weighted by molar-refractivity contribution is 8.00. The SMILES string of the molecule is CCCC(C(=O)CSC(C)CC)C(=O)OCC. The molecule has 0 radical (unpaired) electrons. The summed E-state index contributed by atoms with van der Waals surface area (Å²) >= 11 is 1.62. The molecule has 0 bridgehead atoms. The molecule has 0 aromatic heterocycles. The second-order valence-electron chi connectivity index (χ2n) is 4.09. The van der Waals surface area contributed by atoms with Crippen LogP contribution in [0.4, 0.5) is 0 Å². The summed E-state index contributed by atoms with van der Waals surface area (Å²) in [5, 5.41) is 0.462. The molecule has 0 aliphatic carbocycles. The lowest BCUT2D eigenvalue weighted by atomic mass is 10.00. The quantitative estimate of drug-likeness (QED) is 0.472. The van der Waals surface area contributed by atoms with E-state index >= 15 is 0 Å². The van der Waals surface area contributed by atoms with Gasteiger partial charge < -0.3 is 4.74 Å². The standard InChI is InChI=1S/C13H24O3S/c1-5-8-11(13(15)16-7-3)12(14)9-17-10(4)6-2/h10-11H,5-9H2,1-4H3. The van der Waals surface area contributed by atoms with Crippen molar-refractivity contribution in [3.63, 3.8) is 0 Å². The van der Waals surface area contributed by atoms with Crippen LogP contribution in [0.25, 0.3) is 0 Å². The van der Waals surface area contributed by atoms with Crippen LogP contribution in [-0.4, -0.2) is 29.4 Å². The average Bonchev–Trinajstić information content (AvgIpc) is 2.32. The fourth-order valence-corrected chi connectivity index (χ4v) is 2.27. The van der Waals surface area contributed by atoms with Gasteiger partial charge in [0.15, 0.2) is 5.78 Å². The highest BCUT2D eigenvalue weighted by Crippen LogP contribution is 2.18. The molecule has 0 spiro atoms. The predicted octanol–water partition coefficient (Wildman–Crippen LogP) is 3.07. The number of hydrogen-bond donors (Lipinski definition) is 0. The number of thioether (sulfide) groups is 1. The van der Waals surface area contributed by atoms with Crippen molar-refractivity contribution in [1.82, 2.24) is 0 Å². The van der Waals surface area contributed by atoms with Crippen LogP contribution in [0.1, 0.15) is 47.0 Å². The third-order valence-corrected chi connectivity index (χ3v) is 3.98. The molecule has 0 fully saturated rings. The molecule has 0 aliphatic heterocycles. The van der Waals surface area contributed by atoms with Crippen LogP contribution < -0.4 is 0 Å². The summed E-state index contributed by atoms with van der Waals surface area (Å²) in [6.07, 6.45) is 2.46. The zero-order valence-electron chi connectivity index (χ0n) is 11.3. The Morgan fingerprint density at radius 3 is 2.35 bits per heavy atom. The Bertz CT molecular complexity index is 241. The minimum atomic E-state index is -0.559. The summed E-state index contributed by atoms with van der Waals surface area (Å²) in [7, 11) is 0. The van der Waals surface area contributed by atoms with Crippen molar-refractivity contribution in [3.05, 3.63) is 0 Å². The number of ketones is 1. The largest absolute Gasteiger partial charge is 0.465 e. The van der Waals surface area contributed by atoms with Crippen molar-refractivity contribution in [2.75, 3.05) is 12.4 Å². The lowest BCUT2D eigenvalue weighted by Crippen LogP contribution is -2.28. The van der Waals surface area contributed by atoms with E-state index in [2.05, 4.69) is 13.8 Å². The number of carbonyl (C=O) groups excluding carboxylic acids is 2. The van der Waals surface area contributed by atoms with E-state index in [0.29, 0.717) is 24.0 Å². The second-order valence-corrected chi connectivity index (χ2v) is 5.52. The maximum Gasteiger partial charge on any atom is 0.316 e. The van der Waals surface area contributed by atoms with E-state index in [9.17, 15) is 9.59 Å². The van der Waals surface area contributed by atoms with Gasteiger partial charge in [-0.25, -0.2) is 0 Å². The summed E-state index contributed by atoms with van der Waals surface area (Å²) < 4.78 is 4.94. The molecule has 0 aliphatic rings. The Morgan fingerprint density at radius 2 is 1.88 bits per heavy atom. The summed E-state index contributed by atoms with van der Waals surface area (Å²) in [5.41, 5.74) is 0. The molecule has 0 aromatic carbocycles. The molecule has 0 saturated carbocycles. The first-order chi connectivity index (χ1) is 8.06. The van der Waals surface area contributed by atoms with Crippen LogP contribution in [0, 0.1) is 5.92 Å². The van der Waals surface area contributed by atoms with Gasteiger partial charge in [0.25, 0.3) is 0 Å². The normalized spacial score (nSPS) is 14.1. The minimum Gasteiger partial charge on any atom is -0.465 e. The van der Waals surface area contributed by atoms with E-state index in [1.165, 1.54) is 0 Å². The van der Waals surface area contributed by atoms with E-state index in [0.717, 1.165) is 12.8 Å². The summed E-state index contributed by atoms with van der Waals surface area (Å²) in [6, 6.07) is 0. The number of carbonyl (C=O) groups is 2. The molecule has 2 unspecified atom stereocenters. The first kappa shape index (κ1) is 16.5. The van der Waals surface area contributed by atoms with Crippen molar-refractivity contribution in [2.45, 2.75) is 52.2 Å². The zero-order chi connectivity index (χ0) is 13.3. The van der Waals surface area contributed by atoms with Crippen molar-refractivity contribution in [3.8, 4) is 0 Å². The van der Waals surface area contributed by atoms with E-state index in [1.54, 1.807) is 18.7 Å². The van der Waals surface area contributed by atoms with Gasteiger partial charge in [-0.2, -0.15) is 11.8 Å². The molecule has 100 valence electrons. The maximum absolute atomic E-state index is 11.9. The summed E-state index contributed by atoms with van der Waals surface area (Å²) in [4.78, 5) is 23.6.